The van der Waals surface area contributed by atoms with Crippen molar-refractivity contribution in [2.24, 2.45) is 16.6 Å². The van der Waals surface area contributed by atoms with Crippen molar-refractivity contribution >= 4 is 11.9 Å². The van der Waals surface area contributed by atoms with E-state index in [1.165, 1.54) is 11.3 Å². The van der Waals surface area contributed by atoms with Crippen molar-refractivity contribution in [1.29, 1.82) is 0 Å². The van der Waals surface area contributed by atoms with Gasteiger partial charge in [-0.05, 0) is 37.2 Å². The van der Waals surface area contributed by atoms with Gasteiger partial charge < -0.3 is 30.3 Å². The standard InChI is InChI=1S/C20H27N5O3/c21-19(26)17(13-2-3-13)23-16-12-28-11-14-4-6-25-18(14)15(16)10-22-20(25)24-5-1-8-27-9-7-24/h10,12-13,17,23H,1-9,11H2,(H2,21,26). The number of ether oxygens (including phenoxy) is 2. The van der Waals surface area contributed by atoms with Crippen LogP contribution in [0.2, 0.25) is 0 Å². The van der Waals surface area contributed by atoms with E-state index in [2.05, 4.69) is 15.1 Å². The quantitative estimate of drug-likeness (QED) is 0.738. The van der Waals surface area contributed by atoms with E-state index < -0.39 is 0 Å². The van der Waals surface area contributed by atoms with E-state index in [9.17, 15) is 4.79 Å². The fourth-order valence-corrected chi connectivity index (χ4v) is 4.41. The van der Waals surface area contributed by atoms with Gasteiger partial charge in [-0.25, -0.2) is 4.99 Å². The molecule has 0 radical (unpaired) electrons. The normalized spacial score (nSPS) is 25.6. The maximum absolute atomic E-state index is 11.9. The number of nitrogens with one attached hydrogen (secondary N) is 1. The highest BCUT2D eigenvalue weighted by atomic mass is 16.5. The van der Waals surface area contributed by atoms with Crippen LogP contribution in [-0.2, 0) is 14.3 Å². The third kappa shape index (κ3) is 3.15. The predicted molar refractivity (Wildman–Crippen MR) is 104 cm³/mol. The average molecular weight is 385 g/mol. The number of hydrogen-bond donors (Lipinski definition) is 2. The van der Waals surface area contributed by atoms with Gasteiger partial charge in [-0.2, -0.15) is 0 Å². The minimum absolute atomic E-state index is 0.310. The Balaban J connectivity index is 1.46. The zero-order chi connectivity index (χ0) is 19.1. The molecule has 0 aromatic carbocycles. The Morgan fingerprint density at radius 2 is 2.18 bits per heavy atom. The Kier molecular flexibility index (Phi) is 4.50. The number of aliphatic imine (C=N–C) groups is 1. The second kappa shape index (κ2) is 7.16. The number of rotatable bonds is 4. The second-order valence-electron chi connectivity index (χ2n) is 7.98. The summed E-state index contributed by atoms with van der Waals surface area (Å²) in [6.07, 6.45) is 7.67. The van der Waals surface area contributed by atoms with Gasteiger partial charge in [0, 0.05) is 38.0 Å². The number of hydrogen-bond acceptors (Lipinski definition) is 7. The molecule has 1 aliphatic carbocycles. The van der Waals surface area contributed by atoms with E-state index in [4.69, 9.17) is 20.2 Å². The summed E-state index contributed by atoms with van der Waals surface area (Å²) >= 11 is 0. The molecule has 0 aromatic rings. The Morgan fingerprint density at radius 1 is 1.29 bits per heavy atom. The molecule has 1 unspecified atom stereocenters. The van der Waals surface area contributed by atoms with E-state index in [0.717, 1.165) is 75.8 Å². The molecule has 0 bridgehead atoms. The van der Waals surface area contributed by atoms with Crippen molar-refractivity contribution < 1.29 is 14.3 Å². The van der Waals surface area contributed by atoms with Crippen LogP contribution < -0.4 is 11.1 Å². The summed E-state index contributed by atoms with van der Waals surface area (Å²) in [7, 11) is 0. The molecule has 8 heteroatoms. The Morgan fingerprint density at radius 3 is 3.00 bits per heavy atom. The third-order valence-corrected chi connectivity index (χ3v) is 6.01. The van der Waals surface area contributed by atoms with Crippen LogP contribution in [0.3, 0.4) is 0 Å². The second-order valence-corrected chi connectivity index (χ2v) is 7.98. The molecule has 0 aromatic heterocycles. The van der Waals surface area contributed by atoms with E-state index in [1.807, 2.05) is 6.20 Å². The molecular formula is C20H27N5O3. The largest absolute Gasteiger partial charge is 0.495 e. The van der Waals surface area contributed by atoms with Gasteiger partial charge in [-0.15, -0.1) is 0 Å². The predicted octanol–water partition coefficient (Wildman–Crippen LogP) is 0.647. The first kappa shape index (κ1) is 17.6. The van der Waals surface area contributed by atoms with Crippen molar-refractivity contribution in [2.75, 3.05) is 39.5 Å². The van der Waals surface area contributed by atoms with E-state index in [-0.39, 0.29) is 11.9 Å². The average Bonchev–Trinajstić information content (AvgIpc) is 3.49. The molecule has 3 N–H and O–H groups in total. The number of primary amides is 1. The molecule has 0 spiro atoms. The summed E-state index contributed by atoms with van der Waals surface area (Å²) in [6.45, 7) is 4.80. The van der Waals surface area contributed by atoms with E-state index >= 15 is 0 Å². The Labute approximate surface area is 164 Å². The number of guanidine groups is 1. The molecule has 1 saturated carbocycles. The molecule has 1 saturated heterocycles. The first-order valence-corrected chi connectivity index (χ1v) is 10.2. The zero-order valence-corrected chi connectivity index (χ0v) is 16.0. The number of nitrogens with two attached hydrogens (primary N) is 1. The van der Waals surface area contributed by atoms with Crippen LogP contribution in [0, 0.1) is 5.92 Å². The molecule has 1 amide bonds. The summed E-state index contributed by atoms with van der Waals surface area (Å²) in [4.78, 5) is 21.4. The lowest BCUT2D eigenvalue weighted by Gasteiger charge is -2.35. The van der Waals surface area contributed by atoms with Gasteiger partial charge in [0.2, 0.25) is 11.9 Å². The lowest BCUT2D eigenvalue weighted by atomic mass is 10.0. The molecule has 8 nitrogen and oxygen atoms in total. The molecule has 5 rings (SSSR count). The van der Waals surface area contributed by atoms with E-state index in [1.54, 1.807) is 6.26 Å². The van der Waals surface area contributed by atoms with Gasteiger partial charge in [-0.3, -0.25) is 4.79 Å². The Hall–Kier alpha value is -2.48. The number of carbonyl (C=O) groups excluding carboxylic acids is 1. The van der Waals surface area contributed by atoms with Crippen LogP contribution in [-0.4, -0.2) is 67.2 Å². The molecule has 150 valence electrons. The van der Waals surface area contributed by atoms with E-state index in [0.29, 0.717) is 12.5 Å². The smallest absolute Gasteiger partial charge is 0.240 e. The van der Waals surface area contributed by atoms with Crippen molar-refractivity contribution in [2.45, 2.75) is 31.7 Å². The highest BCUT2D eigenvalue weighted by molar-refractivity contribution is 5.87. The SMILES string of the molecule is NC(=O)C(NC1=COCC2=C3C1=CN=C(N1CCCOCC1)N3CC2)C1CC1. The first-order valence-electron chi connectivity index (χ1n) is 10.2. The molecule has 4 heterocycles. The minimum Gasteiger partial charge on any atom is -0.495 e. The van der Waals surface area contributed by atoms with Crippen LogP contribution in [0.25, 0.3) is 0 Å². The van der Waals surface area contributed by atoms with Crippen molar-refractivity contribution in [3.8, 4) is 0 Å². The van der Waals surface area contributed by atoms with Gasteiger partial charge in [0.1, 0.15) is 18.9 Å². The molecule has 28 heavy (non-hydrogen) atoms. The molecule has 4 aliphatic heterocycles. The number of amides is 1. The lowest BCUT2D eigenvalue weighted by Crippen LogP contribution is -2.47. The summed E-state index contributed by atoms with van der Waals surface area (Å²) in [5, 5.41) is 3.36. The van der Waals surface area contributed by atoms with Gasteiger partial charge in [0.05, 0.1) is 18.0 Å². The maximum atomic E-state index is 11.9. The molecule has 2 fully saturated rings. The number of carbonyl (C=O) groups is 1. The van der Waals surface area contributed by atoms with Crippen molar-refractivity contribution in [3.05, 3.63) is 35.0 Å². The number of nitrogens with zero attached hydrogens (tertiary/aromatic N) is 3. The lowest BCUT2D eigenvalue weighted by molar-refractivity contribution is -0.120. The summed E-state index contributed by atoms with van der Waals surface area (Å²) < 4.78 is 11.4. The van der Waals surface area contributed by atoms with Crippen molar-refractivity contribution in [1.82, 2.24) is 15.1 Å². The van der Waals surface area contributed by atoms with Crippen LogP contribution in [0.4, 0.5) is 0 Å². The van der Waals surface area contributed by atoms with Gasteiger partial charge >= 0.3 is 0 Å². The summed E-state index contributed by atoms with van der Waals surface area (Å²) in [5.41, 5.74) is 9.89. The van der Waals surface area contributed by atoms with Crippen LogP contribution >= 0.6 is 0 Å². The first-order chi connectivity index (χ1) is 13.7. The summed E-state index contributed by atoms with van der Waals surface area (Å²) in [6, 6.07) is -0.360. The highest BCUT2D eigenvalue weighted by Gasteiger charge is 2.39. The van der Waals surface area contributed by atoms with Crippen molar-refractivity contribution in [3.63, 3.8) is 0 Å². The Bertz CT molecular complexity index is 788. The molecule has 5 aliphatic rings. The fraction of sp³-hybridized carbons (Fsp3) is 0.600. The third-order valence-electron chi connectivity index (χ3n) is 6.01. The summed E-state index contributed by atoms with van der Waals surface area (Å²) in [5.74, 6) is 1.000. The van der Waals surface area contributed by atoms with Crippen LogP contribution in [0.15, 0.2) is 40.0 Å². The van der Waals surface area contributed by atoms with Gasteiger partial charge in [0.25, 0.3) is 0 Å². The highest BCUT2D eigenvalue weighted by Crippen LogP contribution is 2.39. The van der Waals surface area contributed by atoms with Gasteiger partial charge in [0.15, 0.2) is 0 Å². The zero-order valence-electron chi connectivity index (χ0n) is 16.0. The monoisotopic (exact) mass is 385 g/mol. The topological polar surface area (TPSA) is 92.4 Å². The minimum atomic E-state index is -0.360. The van der Waals surface area contributed by atoms with Crippen LogP contribution in [0.5, 0.6) is 0 Å². The maximum Gasteiger partial charge on any atom is 0.240 e. The molecule has 1 atom stereocenters. The fourth-order valence-electron chi connectivity index (χ4n) is 4.41. The van der Waals surface area contributed by atoms with Gasteiger partial charge in [-0.1, -0.05) is 0 Å². The van der Waals surface area contributed by atoms with Crippen LogP contribution in [0.1, 0.15) is 25.7 Å². The molecular weight excluding hydrogens is 358 g/mol.